The van der Waals surface area contributed by atoms with E-state index in [0.717, 1.165) is 9.75 Å². The lowest BCUT2D eigenvalue weighted by Crippen LogP contribution is -2.13. The van der Waals surface area contributed by atoms with Crippen LogP contribution >= 0.6 is 22.9 Å². The highest BCUT2D eigenvalue weighted by Crippen LogP contribution is 2.14. The van der Waals surface area contributed by atoms with Gasteiger partial charge in [-0.25, -0.2) is 4.79 Å². The van der Waals surface area contributed by atoms with Gasteiger partial charge in [0.2, 0.25) is 0 Å². The van der Waals surface area contributed by atoms with Crippen LogP contribution in [-0.4, -0.2) is 18.0 Å². The average molecular weight is 331 g/mol. The van der Waals surface area contributed by atoms with E-state index in [4.69, 9.17) is 16.3 Å². The van der Waals surface area contributed by atoms with Crippen LogP contribution < -0.4 is 0 Å². The number of esters is 1. The van der Waals surface area contributed by atoms with Crippen molar-refractivity contribution >= 4 is 28.9 Å². The molecule has 0 saturated carbocycles. The highest BCUT2D eigenvalue weighted by atomic mass is 35.5. The Labute approximate surface area is 140 Å². The van der Waals surface area contributed by atoms with E-state index in [0.29, 0.717) is 5.57 Å². The largest absolute Gasteiger partial charge is 0.460 e. The third kappa shape index (κ3) is 6.55. The molecule has 0 spiro atoms. The average Bonchev–Trinajstić information content (AvgIpc) is 2.97. The zero-order valence-electron chi connectivity index (χ0n) is 12.6. The molecule has 1 aromatic heterocycles. The van der Waals surface area contributed by atoms with Gasteiger partial charge >= 0.3 is 5.97 Å². The van der Waals surface area contributed by atoms with Crippen molar-refractivity contribution in [2.75, 3.05) is 6.61 Å². The minimum Gasteiger partial charge on any atom is -0.460 e. The Kier molecular flexibility index (Phi) is 7.95. The zero-order chi connectivity index (χ0) is 16.4. The molecule has 1 atom stereocenters. The summed E-state index contributed by atoms with van der Waals surface area (Å²) in [7, 11) is 0. The number of hydrogen-bond donors (Lipinski definition) is 0. The van der Waals surface area contributed by atoms with E-state index >= 15 is 0 Å². The minimum atomic E-state index is -0.545. The smallest absolute Gasteiger partial charge is 0.333 e. The second-order valence-corrected chi connectivity index (χ2v) is 5.71. The van der Waals surface area contributed by atoms with Gasteiger partial charge in [-0.05, 0) is 50.7 Å². The predicted octanol–water partition coefficient (Wildman–Crippen LogP) is 3.59. The van der Waals surface area contributed by atoms with Crippen molar-refractivity contribution in [2.45, 2.75) is 26.1 Å². The first-order valence-corrected chi connectivity index (χ1v) is 7.80. The molecule has 0 N–H and O–H groups in total. The molecule has 1 aromatic rings. The molecule has 1 unspecified atom stereocenters. The Balaban J connectivity index is 2.57. The molecule has 0 aliphatic rings. The van der Waals surface area contributed by atoms with Crippen molar-refractivity contribution in [2.24, 2.45) is 0 Å². The van der Waals surface area contributed by atoms with Gasteiger partial charge in [-0.2, -0.15) is 0 Å². The fraction of sp³-hybridized carbons (Fsp3) is 0.278. The molecule has 0 fully saturated rings. The van der Waals surface area contributed by atoms with Crippen LogP contribution in [0.2, 0.25) is 0 Å². The summed E-state index contributed by atoms with van der Waals surface area (Å²) in [5, 5.41) is -0.545. The SMILES string of the molecule is CC#CC#Cc1ccc(C#CC(Cl)COC(=O)C(C)=CC)s1. The lowest BCUT2D eigenvalue weighted by atomic mass is 10.3. The second kappa shape index (κ2) is 9.75. The molecule has 112 valence electrons. The number of carbonyl (C=O) groups is 1. The van der Waals surface area contributed by atoms with Gasteiger partial charge in [-0.1, -0.05) is 23.8 Å². The van der Waals surface area contributed by atoms with Gasteiger partial charge < -0.3 is 4.74 Å². The maximum atomic E-state index is 11.5. The van der Waals surface area contributed by atoms with Crippen LogP contribution in [0.4, 0.5) is 0 Å². The van der Waals surface area contributed by atoms with E-state index in [2.05, 4.69) is 35.5 Å². The lowest BCUT2D eigenvalue weighted by Gasteiger charge is -2.04. The lowest BCUT2D eigenvalue weighted by molar-refractivity contribution is -0.138. The van der Waals surface area contributed by atoms with Crippen LogP contribution in [0.25, 0.3) is 0 Å². The van der Waals surface area contributed by atoms with Gasteiger partial charge in [0.25, 0.3) is 0 Å². The summed E-state index contributed by atoms with van der Waals surface area (Å²) < 4.78 is 5.04. The number of alkyl halides is 1. The van der Waals surface area contributed by atoms with Crippen LogP contribution in [0.1, 0.15) is 30.5 Å². The van der Waals surface area contributed by atoms with E-state index in [1.807, 2.05) is 12.1 Å². The Bertz CT molecular complexity index is 739. The Morgan fingerprint density at radius 2 is 2.05 bits per heavy atom. The molecule has 1 heterocycles. The summed E-state index contributed by atoms with van der Waals surface area (Å²) in [5.41, 5.74) is 0.550. The number of hydrogen-bond acceptors (Lipinski definition) is 3. The number of rotatable bonds is 3. The molecule has 0 aliphatic carbocycles. The Morgan fingerprint density at radius 3 is 2.68 bits per heavy atom. The molecule has 4 heteroatoms. The molecule has 2 nitrogen and oxygen atoms in total. The van der Waals surface area contributed by atoms with E-state index in [-0.39, 0.29) is 12.6 Å². The van der Waals surface area contributed by atoms with Crippen molar-refractivity contribution < 1.29 is 9.53 Å². The summed E-state index contributed by atoms with van der Waals surface area (Å²) in [5.74, 6) is 16.5. The predicted molar refractivity (Wildman–Crippen MR) is 91.6 cm³/mol. The molecule has 0 aromatic carbocycles. The van der Waals surface area contributed by atoms with E-state index < -0.39 is 5.38 Å². The van der Waals surface area contributed by atoms with Gasteiger partial charge in [-0.15, -0.1) is 22.9 Å². The molecule has 0 bridgehead atoms. The summed E-state index contributed by atoms with van der Waals surface area (Å²) in [6.45, 7) is 5.26. The van der Waals surface area contributed by atoms with Gasteiger partial charge in [0, 0.05) is 5.57 Å². The molecular weight excluding hydrogens is 316 g/mol. The maximum Gasteiger partial charge on any atom is 0.333 e. The van der Waals surface area contributed by atoms with Crippen molar-refractivity contribution in [1.29, 1.82) is 0 Å². The van der Waals surface area contributed by atoms with Gasteiger partial charge in [0.15, 0.2) is 0 Å². The fourth-order valence-corrected chi connectivity index (χ4v) is 2.04. The number of carbonyl (C=O) groups excluding carboxylic acids is 1. The molecule has 0 saturated heterocycles. The first-order valence-electron chi connectivity index (χ1n) is 6.55. The number of thiophene rings is 1. The number of ether oxygens (including phenoxy) is 1. The van der Waals surface area contributed by atoms with E-state index in [9.17, 15) is 4.79 Å². The van der Waals surface area contributed by atoms with Gasteiger partial charge in [-0.3, -0.25) is 0 Å². The topological polar surface area (TPSA) is 26.3 Å². The summed E-state index contributed by atoms with van der Waals surface area (Å²) in [6.07, 6.45) is 1.69. The number of halogens is 1. The summed E-state index contributed by atoms with van der Waals surface area (Å²) in [6, 6.07) is 3.76. The number of allylic oxidation sites excluding steroid dienone is 1. The monoisotopic (exact) mass is 330 g/mol. The normalized spacial score (nSPS) is 11.0. The van der Waals surface area contributed by atoms with E-state index in [1.54, 1.807) is 26.8 Å². The molecular formula is C18H15ClO2S. The highest BCUT2D eigenvalue weighted by molar-refractivity contribution is 7.13. The van der Waals surface area contributed by atoms with Crippen LogP contribution in [-0.2, 0) is 9.53 Å². The van der Waals surface area contributed by atoms with Crippen LogP contribution in [0, 0.1) is 35.5 Å². The quantitative estimate of drug-likeness (QED) is 0.366. The first kappa shape index (κ1) is 17.9. The molecule has 0 radical (unpaired) electrons. The third-order valence-electron chi connectivity index (χ3n) is 2.45. The Hall–Kier alpha value is -2.12. The van der Waals surface area contributed by atoms with Crippen molar-refractivity contribution in [3.05, 3.63) is 33.5 Å². The molecule has 1 rings (SSSR count). The van der Waals surface area contributed by atoms with E-state index in [1.165, 1.54) is 11.3 Å². The Morgan fingerprint density at radius 1 is 1.36 bits per heavy atom. The zero-order valence-corrected chi connectivity index (χ0v) is 14.2. The molecule has 22 heavy (non-hydrogen) atoms. The van der Waals surface area contributed by atoms with Crippen LogP contribution in [0.5, 0.6) is 0 Å². The van der Waals surface area contributed by atoms with Crippen molar-refractivity contribution in [3.8, 4) is 35.5 Å². The highest BCUT2D eigenvalue weighted by Gasteiger charge is 2.07. The molecule has 0 aliphatic heterocycles. The third-order valence-corrected chi connectivity index (χ3v) is 3.60. The molecule has 0 amide bonds. The minimum absolute atomic E-state index is 0.0582. The van der Waals surface area contributed by atoms with Crippen molar-refractivity contribution in [1.82, 2.24) is 0 Å². The van der Waals surface area contributed by atoms with Gasteiger partial charge in [0.1, 0.15) is 12.0 Å². The second-order valence-electron chi connectivity index (χ2n) is 4.10. The van der Waals surface area contributed by atoms with Crippen molar-refractivity contribution in [3.63, 3.8) is 0 Å². The van der Waals surface area contributed by atoms with Crippen LogP contribution in [0.3, 0.4) is 0 Å². The summed E-state index contributed by atoms with van der Waals surface area (Å²) >= 11 is 7.49. The first-order chi connectivity index (χ1) is 10.6. The van der Waals surface area contributed by atoms with Crippen LogP contribution in [0.15, 0.2) is 23.8 Å². The fourth-order valence-electron chi connectivity index (χ4n) is 1.20. The van der Waals surface area contributed by atoms with Gasteiger partial charge in [0.05, 0.1) is 9.75 Å². The maximum absolute atomic E-state index is 11.5. The standard InChI is InChI=1S/C18H15ClO2S/c1-4-6-7-8-16-11-12-17(22-16)10-9-15(19)13-21-18(20)14(3)5-2/h5,11-12,15H,13H2,1-3H3. The summed E-state index contributed by atoms with van der Waals surface area (Å²) in [4.78, 5) is 13.2.